The van der Waals surface area contributed by atoms with Gasteiger partial charge in [0.25, 0.3) is 15.9 Å². The number of rotatable bonds is 6. The van der Waals surface area contributed by atoms with Crippen molar-refractivity contribution < 1.29 is 17.9 Å². The zero-order chi connectivity index (χ0) is 18.7. The summed E-state index contributed by atoms with van der Waals surface area (Å²) < 4.78 is 32.8. The molecule has 0 radical (unpaired) electrons. The molecule has 26 heavy (non-hydrogen) atoms. The molecule has 1 amide bonds. The molecule has 1 heterocycles. The summed E-state index contributed by atoms with van der Waals surface area (Å²) in [7, 11) is -2.20. The van der Waals surface area contributed by atoms with Gasteiger partial charge in [-0.2, -0.15) is 0 Å². The molecule has 1 aliphatic rings. The maximum atomic E-state index is 13.2. The number of para-hydroxylation sites is 1. The Bertz CT molecular complexity index is 911. The number of methoxy groups -OCH3 is 1. The predicted molar refractivity (Wildman–Crippen MR) is 99.9 cm³/mol. The summed E-state index contributed by atoms with van der Waals surface area (Å²) in [5.41, 5.74) is 2.02. The summed E-state index contributed by atoms with van der Waals surface area (Å²) in [4.78, 5) is 12.3. The summed E-state index contributed by atoms with van der Waals surface area (Å²) in [5, 5.41) is 2.70. The molecule has 1 atom stereocenters. The first-order chi connectivity index (χ1) is 12.4. The van der Waals surface area contributed by atoms with Crippen LogP contribution < -0.4 is 9.62 Å². The lowest BCUT2D eigenvalue weighted by Gasteiger charge is -2.24. The van der Waals surface area contributed by atoms with Crippen LogP contribution in [0.25, 0.3) is 0 Å². The van der Waals surface area contributed by atoms with Crippen molar-refractivity contribution in [3.63, 3.8) is 0 Å². The van der Waals surface area contributed by atoms with Gasteiger partial charge in [-0.1, -0.05) is 24.3 Å². The van der Waals surface area contributed by atoms with Crippen molar-refractivity contribution in [2.75, 3.05) is 24.6 Å². The highest BCUT2D eigenvalue weighted by molar-refractivity contribution is 7.92. The third-order valence-electron chi connectivity index (χ3n) is 4.39. The number of sulfonamides is 1. The topological polar surface area (TPSA) is 75.7 Å². The fraction of sp³-hybridized carbons (Fsp3) is 0.316. The van der Waals surface area contributed by atoms with Gasteiger partial charge in [-0.25, -0.2) is 8.42 Å². The predicted octanol–water partition coefficient (Wildman–Crippen LogP) is 2.20. The van der Waals surface area contributed by atoms with Crippen LogP contribution in [0.3, 0.4) is 0 Å². The highest BCUT2D eigenvalue weighted by Crippen LogP contribution is 2.36. The van der Waals surface area contributed by atoms with Crippen molar-refractivity contribution in [2.24, 2.45) is 0 Å². The molecule has 0 saturated carbocycles. The number of anilines is 1. The lowest BCUT2D eigenvalue weighted by molar-refractivity contribution is 0.0937. The number of carbonyl (C=O) groups excluding carboxylic acids is 1. The van der Waals surface area contributed by atoms with Crippen molar-refractivity contribution in [1.82, 2.24) is 5.32 Å². The average molecular weight is 374 g/mol. The van der Waals surface area contributed by atoms with Crippen LogP contribution in [0, 0.1) is 0 Å². The number of nitrogens with one attached hydrogen (secondary N) is 1. The molecule has 1 aliphatic heterocycles. The van der Waals surface area contributed by atoms with Crippen molar-refractivity contribution in [3.05, 3.63) is 59.7 Å². The van der Waals surface area contributed by atoms with E-state index in [1.54, 1.807) is 19.2 Å². The minimum atomic E-state index is -3.75. The summed E-state index contributed by atoms with van der Waals surface area (Å²) in [5.74, 6) is -0.325. The minimum Gasteiger partial charge on any atom is -0.383 e. The first kappa shape index (κ1) is 18.4. The molecule has 0 bridgehead atoms. The number of fused-ring (bicyclic) bond motifs is 1. The monoisotopic (exact) mass is 374 g/mol. The number of benzene rings is 2. The van der Waals surface area contributed by atoms with Gasteiger partial charge in [0.1, 0.15) is 0 Å². The Kier molecular flexibility index (Phi) is 5.29. The molecule has 1 unspecified atom stereocenters. The molecule has 6 nitrogen and oxygen atoms in total. The molecule has 0 aliphatic carbocycles. The first-order valence-corrected chi connectivity index (χ1v) is 9.88. The summed E-state index contributed by atoms with van der Waals surface area (Å²) in [6, 6.07) is 13.5. The lowest BCUT2D eigenvalue weighted by atomic mass is 10.1. The Morgan fingerprint density at radius 2 is 2.00 bits per heavy atom. The third kappa shape index (κ3) is 3.45. The molecule has 0 aromatic heterocycles. The summed E-state index contributed by atoms with van der Waals surface area (Å²) >= 11 is 0. The Morgan fingerprint density at radius 3 is 2.77 bits per heavy atom. The maximum absolute atomic E-state index is 13.2. The van der Waals surface area contributed by atoms with E-state index in [2.05, 4.69) is 5.32 Å². The van der Waals surface area contributed by atoms with Crippen LogP contribution in [0.15, 0.2) is 53.4 Å². The number of carbonyl (C=O) groups is 1. The van der Waals surface area contributed by atoms with Crippen molar-refractivity contribution in [3.8, 4) is 0 Å². The Morgan fingerprint density at radius 1 is 1.23 bits per heavy atom. The third-order valence-corrected chi connectivity index (χ3v) is 6.31. The normalized spacial score (nSPS) is 16.4. The Labute approximate surface area is 153 Å². The quantitative estimate of drug-likeness (QED) is 0.787. The van der Waals surface area contributed by atoms with Crippen molar-refractivity contribution in [2.45, 2.75) is 24.3 Å². The van der Waals surface area contributed by atoms with E-state index in [1.165, 1.54) is 16.4 Å². The molecular formula is C19H22N2O4S. The molecule has 2 aromatic rings. The van der Waals surface area contributed by atoms with E-state index in [0.29, 0.717) is 30.8 Å². The van der Waals surface area contributed by atoms with Crippen LogP contribution in [-0.2, 0) is 21.2 Å². The van der Waals surface area contributed by atoms with Crippen LogP contribution in [-0.4, -0.2) is 40.6 Å². The van der Waals surface area contributed by atoms with Gasteiger partial charge < -0.3 is 10.1 Å². The van der Waals surface area contributed by atoms with E-state index in [1.807, 2.05) is 31.2 Å². The highest BCUT2D eigenvalue weighted by atomic mass is 32.2. The fourth-order valence-corrected chi connectivity index (χ4v) is 4.92. The second-order valence-corrected chi connectivity index (χ2v) is 8.07. The number of hydrogen-bond acceptors (Lipinski definition) is 4. The van der Waals surface area contributed by atoms with Crippen molar-refractivity contribution in [1.29, 1.82) is 0 Å². The average Bonchev–Trinajstić information content (AvgIpc) is 2.98. The van der Waals surface area contributed by atoms with E-state index in [0.717, 1.165) is 5.56 Å². The molecule has 0 fully saturated rings. The van der Waals surface area contributed by atoms with Gasteiger partial charge in [0, 0.05) is 25.3 Å². The van der Waals surface area contributed by atoms with Crippen LogP contribution >= 0.6 is 0 Å². The molecule has 0 saturated heterocycles. The molecule has 0 spiro atoms. The zero-order valence-electron chi connectivity index (χ0n) is 14.8. The molecule has 138 valence electrons. The molecule has 2 aromatic carbocycles. The summed E-state index contributed by atoms with van der Waals surface area (Å²) in [6.07, 6.45) is 0.673. The zero-order valence-corrected chi connectivity index (χ0v) is 15.6. The van der Waals surface area contributed by atoms with Crippen molar-refractivity contribution >= 4 is 21.6 Å². The van der Waals surface area contributed by atoms with Gasteiger partial charge in [-0.05, 0) is 43.2 Å². The molecular weight excluding hydrogens is 352 g/mol. The van der Waals surface area contributed by atoms with Crippen LogP contribution in [0.5, 0.6) is 0 Å². The number of ether oxygens (including phenoxy) is 1. The Hall–Kier alpha value is -2.38. The second kappa shape index (κ2) is 7.47. The van der Waals surface area contributed by atoms with E-state index in [4.69, 9.17) is 4.74 Å². The maximum Gasteiger partial charge on any atom is 0.264 e. The number of hydrogen-bond donors (Lipinski definition) is 1. The largest absolute Gasteiger partial charge is 0.383 e. The van der Waals surface area contributed by atoms with Gasteiger partial charge in [0.15, 0.2) is 0 Å². The van der Waals surface area contributed by atoms with Crippen LogP contribution in [0.1, 0.15) is 22.8 Å². The van der Waals surface area contributed by atoms with E-state index >= 15 is 0 Å². The first-order valence-electron chi connectivity index (χ1n) is 8.44. The fourth-order valence-electron chi connectivity index (χ4n) is 3.18. The molecule has 7 heteroatoms. The SMILES string of the molecule is COCCNC(=O)c1cccc(S(=O)(=O)N2c3ccccc3CC2C)c1. The minimum absolute atomic E-state index is 0.112. The van der Waals surface area contributed by atoms with E-state index in [9.17, 15) is 13.2 Å². The second-order valence-electron chi connectivity index (χ2n) is 6.26. The van der Waals surface area contributed by atoms with Gasteiger partial charge in [-0.3, -0.25) is 9.10 Å². The van der Waals surface area contributed by atoms with Gasteiger partial charge in [-0.15, -0.1) is 0 Å². The molecule has 3 rings (SSSR count). The lowest BCUT2D eigenvalue weighted by Crippen LogP contribution is -2.36. The van der Waals surface area contributed by atoms with Gasteiger partial charge in [0.05, 0.1) is 17.2 Å². The number of nitrogens with zero attached hydrogens (tertiary/aromatic N) is 1. The number of amides is 1. The smallest absolute Gasteiger partial charge is 0.264 e. The molecule has 1 N–H and O–H groups in total. The Balaban J connectivity index is 1.91. The standard InChI is InChI=1S/C19H22N2O4S/c1-14-12-15-6-3-4-9-18(15)21(14)26(23,24)17-8-5-7-16(13-17)19(22)20-10-11-25-2/h3-9,13-14H,10-12H2,1-2H3,(H,20,22). The van der Waals surface area contributed by atoms with Crippen LogP contribution in [0.2, 0.25) is 0 Å². The highest BCUT2D eigenvalue weighted by Gasteiger charge is 2.36. The van der Waals surface area contributed by atoms with E-state index in [-0.39, 0.29) is 16.8 Å². The van der Waals surface area contributed by atoms with Crippen LogP contribution in [0.4, 0.5) is 5.69 Å². The summed E-state index contributed by atoms with van der Waals surface area (Å²) in [6.45, 7) is 2.65. The van der Waals surface area contributed by atoms with Gasteiger partial charge in [0.2, 0.25) is 0 Å². The van der Waals surface area contributed by atoms with E-state index < -0.39 is 10.0 Å². The van der Waals surface area contributed by atoms with Gasteiger partial charge >= 0.3 is 0 Å².